The van der Waals surface area contributed by atoms with E-state index in [0.29, 0.717) is 28.7 Å². The number of ether oxygens (including phenoxy) is 1. The number of pyridine rings is 1. The number of nitrogens with one attached hydrogen (secondary N) is 3. The molecule has 3 N–H and O–H groups in total. The number of hydrogen-bond acceptors (Lipinski definition) is 5. The van der Waals surface area contributed by atoms with Crippen molar-refractivity contribution in [3.63, 3.8) is 0 Å². The van der Waals surface area contributed by atoms with E-state index >= 15 is 0 Å². The summed E-state index contributed by atoms with van der Waals surface area (Å²) in [5.74, 6) is -0.133. The third kappa shape index (κ3) is 7.31. The van der Waals surface area contributed by atoms with Gasteiger partial charge in [-0.3, -0.25) is 14.9 Å². The van der Waals surface area contributed by atoms with Crippen molar-refractivity contribution in [1.29, 1.82) is 0 Å². The summed E-state index contributed by atoms with van der Waals surface area (Å²) in [5.41, 5.74) is 0.881. The van der Waals surface area contributed by atoms with Crippen LogP contribution in [0.1, 0.15) is 6.42 Å². The van der Waals surface area contributed by atoms with Gasteiger partial charge in [-0.2, -0.15) is 0 Å². The topological polar surface area (TPSA) is 113 Å². The molecule has 0 spiro atoms. The summed E-state index contributed by atoms with van der Waals surface area (Å²) in [6.07, 6.45) is 1.11. The zero-order valence-corrected chi connectivity index (χ0v) is 18.0. The summed E-state index contributed by atoms with van der Waals surface area (Å²) in [4.78, 5) is 41.3. The number of rotatable bonds is 7. The first-order valence-electron chi connectivity index (χ1n) is 9.86. The van der Waals surface area contributed by atoms with Gasteiger partial charge in [0.2, 0.25) is 11.8 Å². The summed E-state index contributed by atoms with van der Waals surface area (Å²) in [6, 6.07) is 14.7. The van der Waals surface area contributed by atoms with Crippen LogP contribution in [0.4, 0.5) is 26.4 Å². The van der Waals surface area contributed by atoms with Crippen LogP contribution in [0, 0.1) is 5.82 Å². The van der Waals surface area contributed by atoms with Crippen molar-refractivity contribution in [1.82, 2.24) is 9.88 Å². The Morgan fingerprint density at radius 1 is 0.848 bits per heavy atom. The number of carbonyl (C=O) groups is 3. The van der Waals surface area contributed by atoms with E-state index < -0.39 is 24.1 Å². The number of aromatic nitrogens is 1. The first-order valence-corrected chi connectivity index (χ1v) is 9.86. The fourth-order valence-corrected chi connectivity index (χ4v) is 2.60. The number of nitrogens with zero attached hydrogens (tertiary/aromatic N) is 2. The Morgan fingerprint density at radius 2 is 1.42 bits per heavy atom. The van der Waals surface area contributed by atoms with Crippen molar-refractivity contribution in [3.05, 3.63) is 72.7 Å². The lowest BCUT2D eigenvalue weighted by Crippen LogP contribution is -2.27. The molecule has 2 aromatic carbocycles. The molecule has 0 fully saturated rings. The largest absolute Gasteiger partial charge is 0.457 e. The van der Waals surface area contributed by atoms with Gasteiger partial charge in [-0.1, -0.05) is 0 Å². The van der Waals surface area contributed by atoms with Crippen LogP contribution in [-0.2, 0) is 9.59 Å². The Bertz CT molecular complexity index is 1130. The molecular weight excluding hydrogens is 429 g/mol. The fourth-order valence-electron chi connectivity index (χ4n) is 2.60. The number of amides is 4. The van der Waals surface area contributed by atoms with Crippen LogP contribution >= 0.6 is 0 Å². The SMILES string of the molecule is CN(C)C(=O)Nc1cc(Oc2ccc(NC(=O)CC(=O)Nc3ccc(F)cc3)cc2)ccn1. The average Bonchev–Trinajstić information content (AvgIpc) is 2.77. The Labute approximate surface area is 189 Å². The maximum absolute atomic E-state index is 12.9. The lowest BCUT2D eigenvalue weighted by Gasteiger charge is -2.12. The lowest BCUT2D eigenvalue weighted by atomic mass is 10.2. The van der Waals surface area contributed by atoms with E-state index in [1.807, 2.05) is 0 Å². The van der Waals surface area contributed by atoms with Crippen molar-refractivity contribution < 1.29 is 23.5 Å². The molecule has 9 nitrogen and oxygen atoms in total. The minimum Gasteiger partial charge on any atom is -0.457 e. The minimum atomic E-state index is -0.520. The molecule has 0 saturated heterocycles. The molecule has 1 heterocycles. The first kappa shape index (κ1) is 23.2. The van der Waals surface area contributed by atoms with E-state index in [1.54, 1.807) is 50.5 Å². The maximum Gasteiger partial charge on any atom is 0.322 e. The third-order valence-corrected chi connectivity index (χ3v) is 4.20. The van der Waals surface area contributed by atoms with Crippen LogP contribution in [-0.4, -0.2) is 41.8 Å². The van der Waals surface area contributed by atoms with E-state index in [-0.39, 0.29) is 6.03 Å². The molecule has 1 aromatic heterocycles. The second-order valence-electron chi connectivity index (χ2n) is 7.11. The summed E-state index contributed by atoms with van der Waals surface area (Å²) in [7, 11) is 3.24. The van der Waals surface area contributed by atoms with Gasteiger partial charge in [0.1, 0.15) is 29.6 Å². The smallest absolute Gasteiger partial charge is 0.322 e. The van der Waals surface area contributed by atoms with E-state index in [0.717, 1.165) is 0 Å². The van der Waals surface area contributed by atoms with E-state index in [1.165, 1.54) is 35.4 Å². The summed E-state index contributed by atoms with van der Waals surface area (Å²) in [6.45, 7) is 0. The zero-order chi connectivity index (χ0) is 23.8. The summed E-state index contributed by atoms with van der Waals surface area (Å²) in [5, 5.41) is 7.78. The van der Waals surface area contributed by atoms with Gasteiger partial charge in [-0.25, -0.2) is 14.2 Å². The van der Waals surface area contributed by atoms with Crippen LogP contribution in [0.3, 0.4) is 0 Å². The number of anilines is 3. The molecule has 3 aromatic rings. The van der Waals surface area contributed by atoms with Crippen LogP contribution in [0.5, 0.6) is 11.5 Å². The van der Waals surface area contributed by atoms with Crippen LogP contribution < -0.4 is 20.7 Å². The van der Waals surface area contributed by atoms with Gasteiger partial charge in [0, 0.05) is 37.7 Å². The highest BCUT2D eigenvalue weighted by molar-refractivity contribution is 6.08. The predicted molar refractivity (Wildman–Crippen MR) is 122 cm³/mol. The Hall–Kier alpha value is -4.47. The molecule has 0 saturated carbocycles. The van der Waals surface area contributed by atoms with Crippen molar-refractivity contribution in [2.75, 3.05) is 30.0 Å². The Morgan fingerprint density at radius 3 is 2.00 bits per heavy atom. The molecule has 0 bridgehead atoms. The molecule has 10 heteroatoms. The van der Waals surface area contributed by atoms with Crippen LogP contribution in [0.15, 0.2) is 66.9 Å². The summed E-state index contributed by atoms with van der Waals surface area (Å²) < 4.78 is 18.7. The number of hydrogen-bond donors (Lipinski definition) is 3. The number of benzene rings is 2. The molecule has 4 amide bonds. The molecule has 3 rings (SSSR count). The Balaban J connectivity index is 1.51. The monoisotopic (exact) mass is 451 g/mol. The predicted octanol–water partition coefficient (Wildman–Crippen LogP) is 4.07. The molecule has 0 aliphatic carbocycles. The highest BCUT2D eigenvalue weighted by Crippen LogP contribution is 2.24. The second-order valence-corrected chi connectivity index (χ2v) is 7.11. The van der Waals surface area contributed by atoms with Crippen LogP contribution in [0.2, 0.25) is 0 Å². The lowest BCUT2D eigenvalue weighted by molar-refractivity contribution is -0.123. The summed E-state index contributed by atoms with van der Waals surface area (Å²) >= 11 is 0. The minimum absolute atomic E-state index is 0.314. The second kappa shape index (κ2) is 10.7. The van der Waals surface area contributed by atoms with Crippen LogP contribution in [0.25, 0.3) is 0 Å². The van der Waals surface area contributed by atoms with Gasteiger partial charge >= 0.3 is 6.03 Å². The molecule has 0 aliphatic heterocycles. The fraction of sp³-hybridized carbons (Fsp3) is 0.130. The normalized spacial score (nSPS) is 10.2. The molecule has 0 unspecified atom stereocenters. The highest BCUT2D eigenvalue weighted by atomic mass is 19.1. The quantitative estimate of drug-likeness (QED) is 0.469. The molecule has 0 radical (unpaired) electrons. The highest BCUT2D eigenvalue weighted by Gasteiger charge is 2.11. The van der Waals surface area contributed by atoms with E-state index in [9.17, 15) is 18.8 Å². The number of urea groups is 1. The number of halogens is 1. The van der Waals surface area contributed by atoms with Gasteiger partial charge in [0.25, 0.3) is 0 Å². The zero-order valence-electron chi connectivity index (χ0n) is 18.0. The van der Waals surface area contributed by atoms with E-state index in [2.05, 4.69) is 20.9 Å². The van der Waals surface area contributed by atoms with Gasteiger partial charge in [0.15, 0.2) is 0 Å². The molecule has 0 aliphatic rings. The van der Waals surface area contributed by atoms with Gasteiger partial charge < -0.3 is 20.3 Å². The molecular formula is C23H22FN5O4. The van der Waals surface area contributed by atoms with Crippen molar-refractivity contribution >= 4 is 35.0 Å². The van der Waals surface area contributed by atoms with Crippen molar-refractivity contribution in [2.24, 2.45) is 0 Å². The molecule has 0 atom stereocenters. The van der Waals surface area contributed by atoms with Crippen molar-refractivity contribution in [3.8, 4) is 11.5 Å². The first-order chi connectivity index (χ1) is 15.8. The van der Waals surface area contributed by atoms with Gasteiger partial charge in [0.05, 0.1) is 0 Å². The van der Waals surface area contributed by atoms with E-state index in [4.69, 9.17) is 4.74 Å². The standard InChI is InChI=1S/C23H22FN5O4/c1-29(2)23(32)28-20-13-19(11-12-25-20)33-18-9-7-17(8-10-18)27-22(31)14-21(30)26-16-5-3-15(24)4-6-16/h3-13H,14H2,1-2H3,(H,26,30)(H,27,31)(H,25,28,32). The van der Waals surface area contributed by atoms with Gasteiger partial charge in [-0.05, 0) is 54.6 Å². The molecule has 33 heavy (non-hydrogen) atoms. The molecule has 170 valence electrons. The Kier molecular flexibility index (Phi) is 7.53. The number of carbonyl (C=O) groups excluding carboxylic acids is 3. The average molecular weight is 451 g/mol. The van der Waals surface area contributed by atoms with Gasteiger partial charge in [-0.15, -0.1) is 0 Å². The third-order valence-electron chi connectivity index (χ3n) is 4.20. The maximum atomic E-state index is 12.9. The van der Waals surface area contributed by atoms with Crippen molar-refractivity contribution in [2.45, 2.75) is 6.42 Å².